The second-order valence-corrected chi connectivity index (χ2v) is 3.89. The molecule has 0 fully saturated rings. The zero-order valence-corrected chi connectivity index (χ0v) is 9.53. The molecule has 0 heterocycles. The van der Waals surface area contributed by atoms with Crippen LogP contribution in [-0.4, -0.2) is 0 Å². The van der Waals surface area contributed by atoms with Crippen molar-refractivity contribution >= 4 is 0 Å². The van der Waals surface area contributed by atoms with Crippen LogP contribution < -0.4 is 0 Å². The number of hydrogen-bond donors (Lipinski definition) is 0. The van der Waals surface area contributed by atoms with E-state index in [2.05, 4.69) is 27.4 Å². The molecule has 0 saturated heterocycles. The molecule has 0 radical (unpaired) electrons. The fourth-order valence-corrected chi connectivity index (χ4v) is 1.47. The third kappa shape index (κ3) is 6.62. The molecule has 0 amide bonds. The first-order valence-electron chi connectivity index (χ1n) is 5.48. The van der Waals surface area contributed by atoms with E-state index in [0.717, 1.165) is 6.42 Å². The molecular formula is C13H24. The maximum Gasteiger partial charge on any atom is -0.0315 e. The highest BCUT2D eigenvalue weighted by molar-refractivity contribution is 5.09. The van der Waals surface area contributed by atoms with Gasteiger partial charge in [0.05, 0.1) is 0 Å². The van der Waals surface area contributed by atoms with E-state index in [1.54, 1.807) is 5.57 Å². The molecule has 0 aromatic carbocycles. The summed E-state index contributed by atoms with van der Waals surface area (Å²) in [6.07, 6.45) is 9.66. The van der Waals surface area contributed by atoms with Gasteiger partial charge in [-0.15, -0.1) is 6.58 Å². The Morgan fingerprint density at radius 2 is 1.77 bits per heavy atom. The lowest BCUT2D eigenvalue weighted by molar-refractivity contribution is 0.718. The van der Waals surface area contributed by atoms with E-state index < -0.39 is 0 Å². The Bertz CT molecular complexity index is 159. The molecular weight excluding hydrogens is 156 g/mol. The summed E-state index contributed by atoms with van der Waals surface area (Å²) in [4.78, 5) is 0. The lowest BCUT2D eigenvalue weighted by atomic mass is 9.98. The van der Waals surface area contributed by atoms with E-state index in [1.165, 1.54) is 37.7 Å². The number of hydrogen-bond acceptors (Lipinski definition) is 0. The van der Waals surface area contributed by atoms with E-state index >= 15 is 0 Å². The van der Waals surface area contributed by atoms with Crippen molar-refractivity contribution in [2.75, 3.05) is 0 Å². The standard InChI is InChI=1S/C13H24/c1-5-7-9-11-13(12(3)4)10-8-6-2/h5H,1,6-11H2,2-4H3. The van der Waals surface area contributed by atoms with E-state index in [0.29, 0.717) is 0 Å². The third-order valence-electron chi connectivity index (χ3n) is 2.43. The van der Waals surface area contributed by atoms with Gasteiger partial charge in [0.15, 0.2) is 0 Å². The van der Waals surface area contributed by atoms with Gasteiger partial charge in [0, 0.05) is 0 Å². The van der Waals surface area contributed by atoms with Crippen molar-refractivity contribution in [1.82, 2.24) is 0 Å². The van der Waals surface area contributed by atoms with Crippen molar-refractivity contribution in [1.29, 1.82) is 0 Å². The minimum absolute atomic E-state index is 1.16. The molecule has 0 nitrogen and oxygen atoms in total. The van der Waals surface area contributed by atoms with Crippen LogP contribution in [0.15, 0.2) is 23.8 Å². The molecule has 0 bridgehead atoms. The summed E-state index contributed by atoms with van der Waals surface area (Å²) in [5.41, 5.74) is 3.20. The molecule has 0 aromatic heterocycles. The highest BCUT2D eigenvalue weighted by Gasteiger charge is 1.98. The summed E-state index contributed by atoms with van der Waals surface area (Å²) in [5, 5.41) is 0. The lowest BCUT2D eigenvalue weighted by Gasteiger charge is -2.08. The van der Waals surface area contributed by atoms with E-state index in [4.69, 9.17) is 0 Å². The first kappa shape index (κ1) is 12.5. The van der Waals surface area contributed by atoms with E-state index in [-0.39, 0.29) is 0 Å². The van der Waals surface area contributed by atoms with Crippen LogP contribution in [0, 0.1) is 0 Å². The van der Waals surface area contributed by atoms with Gasteiger partial charge < -0.3 is 0 Å². The van der Waals surface area contributed by atoms with E-state index in [1.807, 2.05) is 6.08 Å². The second-order valence-electron chi connectivity index (χ2n) is 3.89. The Hall–Kier alpha value is -0.520. The number of allylic oxidation sites excluding steroid dienone is 3. The van der Waals surface area contributed by atoms with Gasteiger partial charge in [-0.1, -0.05) is 30.6 Å². The van der Waals surface area contributed by atoms with Crippen molar-refractivity contribution in [2.45, 2.75) is 59.3 Å². The molecule has 0 aliphatic heterocycles. The first-order chi connectivity index (χ1) is 6.22. The van der Waals surface area contributed by atoms with Crippen molar-refractivity contribution in [2.24, 2.45) is 0 Å². The topological polar surface area (TPSA) is 0 Å². The molecule has 0 N–H and O–H groups in total. The summed E-state index contributed by atoms with van der Waals surface area (Å²) >= 11 is 0. The molecule has 0 aromatic rings. The average Bonchev–Trinajstić information content (AvgIpc) is 2.10. The Morgan fingerprint density at radius 1 is 1.15 bits per heavy atom. The molecule has 0 rings (SSSR count). The summed E-state index contributed by atoms with van der Waals surface area (Å²) in [7, 11) is 0. The Labute approximate surface area is 83.7 Å². The summed E-state index contributed by atoms with van der Waals surface area (Å²) in [5.74, 6) is 0. The molecule has 0 aliphatic carbocycles. The predicted molar refractivity (Wildman–Crippen MR) is 61.9 cm³/mol. The second kappa shape index (κ2) is 8.10. The molecule has 0 aliphatic rings. The molecule has 0 saturated carbocycles. The molecule has 76 valence electrons. The van der Waals surface area contributed by atoms with Crippen LogP contribution in [0.25, 0.3) is 0 Å². The molecule has 13 heavy (non-hydrogen) atoms. The van der Waals surface area contributed by atoms with Crippen LogP contribution in [0.5, 0.6) is 0 Å². The Morgan fingerprint density at radius 3 is 2.23 bits per heavy atom. The fourth-order valence-electron chi connectivity index (χ4n) is 1.47. The van der Waals surface area contributed by atoms with Gasteiger partial charge in [-0.2, -0.15) is 0 Å². The smallest absolute Gasteiger partial charge is 0.0315 e. The van der Waals surface area contributed by atoms with Gasteiger partial charge in [0.2, 0.25) is 0 Å². The summed E-state index contributed by atoms with van der Waals surface area (Å²) in [6.45, 7) is 10.5. The lowest BCUT2D eigenvalue weighted by Crippen LogP contribution is -1.88. The van der Waals surface area contributed by atoms with Crippen molar-refractivity contribution in [3.05, 3.63) is 23.8 Å². The van der Waals surface area contributed by atoms with Gasteiger partial charge in [-0.05, 0) is 46.0 Å². The van der Waals surface area contributed by atoms with Crippen LogP contribution in [0.4, 0.5) is 0 Å². The summed E-state index contributed by atoms with van der Waals surface area (Å²) in [6, 6.07) is 0. The SMILES string of the molecule is C=CCCCC(CCCC)=C(C)C. The van der Waals surface area contributed by atoms with Crippen LogP contribution in [0.1, 0.15) is 59.3 Å². The number of rotatable bonds is 7. The average molecular weight is 180 g/mol. The molecule has 0 atom stereocenters. The zero-order chi connectivity index (χ0) is 10.1. The molecule has 0 spiro atoms. The van der Waals surface area contributed by atoms with E-state index in [9.17, 15) is 0 Å². The van der Waals surface area contributed by atoms with Crippen molar-refractivity contribution in [3.8, 4) is 0 Å². The van der Waals surface area contributed by atoms with Crippen LogP contribution >= 0.6 is 0 Å². The van der Waals surface area contributed by atoms with Gasteiger partial charge in [-0.25, -0.2) is 0 Å². The fraction of sp³-hybridized carbons (Fsp3) is 0.692. The van der Waals surface area contributed by atoms with Gasteiger partial charge in [0.25, 0.3) is 0 Å². The third-order valence-corrected chi connectivity index (χ3v) is 2.43. The Balaban J connectivity index is 3.82. The minimum atomic E-state index is 1.16. The maximum atomic E-state index is 3.75. The van der Waals surface area contributed by atoms with Crippen LogP contribution in [-0.2, 0) is 0 Å². The normalized spacial score (nSPS) is 9.77. The highest BCUT2D eigenvalue weighted by Crippen LogP contribution is 2.18. The monoisotopic (exact) mass is 180 g/mol. The number of unbranched alkanes of at least 4 members (excludes halogenated alkanes) is 2. The van der Waals surface area contributed by atoms with Crippen molar-refractivity contribution in [3.63, 3.8) is 0 Å². The van der Waals surface area contributed by atoms with Gasteiger partial charge in [-0.3, -0.25) is 0 Å². The van der Waals surface area contributed by atoms with Crippen molar-refractivity contribution < 1.29 is 0 Å². The van der Waals surface area contributed by atoms with Crippen LogP contribution in [0.3, 0.4) is 0 Å². The largest absolute Gasteiger partial charge is 0.103 e. The summed E-state index contributed by atoms with van der Waals surface area (Å²) < 4.78 is 0. The minimum Gasteiger partial charge on any atom is -0.103 e. The maximum absolute atomic E-state index is 3.75. The molecule has 0 unspecified atom stereocenters. The first-order valence-corrected chi connectivity index (χ1v) is 5.48. The van der Waals surface area contributed by atoms with Crippen LogP contribution in [0.2, 0.25) is 0 Å². The zero-order valence-electron chi connectivity index (χ0n) is 9.53. The van der Waals surface area contributed by atoms with Gasteiger partial charge >= 0.3 is 0 Å². The Kier molecular flexibility index (Phi) is 7.77. The molecule has 0 heteroatoms. The predicted octanol–water partition coefficient (Wildman–Crippen LogP) is 4.87. The highest BCUT2D eigenvalue weighted by atomic mass is 14.0. The van der Waals surface area contributed by atoms with Gasteiger partial charge in [0.1, 0.15) is 0 Å². The quantitative estimate of drug-likeness (QED) is 0.387.